The molecule has 0 aliphatic heterocycles. The van der Waals surface area contributed by atoms with Crippen LogP contribution in [-0.2, 0) is 0 Å². The van der Waals surface area contributed by atoms with Crippen LogP contribution in [0.25, 0.3) is 0 Å². The van der Waals surface area contributed by atoms with Gasteiger partial charge in [-0.05, 0) is 23.8 Å². The molecule has 0 saturated carbocycles. The zero-order valence-corrected chi connectivity index (χ0v) is 9.61. The van der Waals surface area contributed by atoms with Gasteiger partial charge in [0.1, 0.15) is 5.82 Å². The fourth-order valence-corrected chi connectivity index (χ4v) is 1.55. The van der Waals surface area contributed by atoms with Gasteiger partial charge in [0.25, 0.3) is 0 Å². The SMILES string of the molecule is Cl.N#CC[C@H](N)c1cc(F)ccc1Br. The molecule has 5 heteroatoms. The van der Waals surface area contributed by atoms with E-state index in [2.05, 4.69) is 15.9 Å². The maximum atomic E-state index is 12.8. The first kappa shape index (κ1) is 13.4. The van der Waals surface area contributed by atoms with Crippen LogP contribution in [0.5, 0.6) is 0 Å². The Morgan fingerprint density at radius 1 is 1.57 bits per heavy atom. The van der Waals surface area contributed by atoms with E-state index in [9.17, 15) is 4.39 Å². The van der Waals surface area contributed by atoms with Crippen molar-refractivity contribution < 1.29 is 4.39 Å². The molecular weight excluding hydrogens is 270 g/mol. The van der Waals surface area contributed by atoms with Crippen LogP contribution in [-0.4, -0.2) is 0 Å². The highest BCUT2D eigenvalue weighted by Crippen LogP contribution is 2.24. The van der Waals surface area contributed by atoms with E-state index in [4.69, 9.17) is 11.0 Å². The van der Waals surface area contributed by atoms with Crippen LogP contribution in [0, 0.1) is 17.1 Å². The number of hydrogen-bond acceptors (Lipinski definition) is 2. The second-order valence-corrected chi connectivity index (χ2v) is 3.49. The summed E-state index contributed by atoms with van der Waals surface area (Å²) < 4.78 is 13.5. The standard InChI is InChI=1S/C9H8BrFN2.ClH/c10-8-2-1-6(11)5-7(8)9(13)3-4-12;/h1-2,5,9H,3,13H2;1H/t9-;/m0./s1. The Labute approximate surface area is 96.4 Å². The average molecular weight is 280 g/mol. The van der Waals surface area contributed by atoms with Crippen molar-refractivity contribution in [1.82, 2.24) is 0 Å². The topological polar surface area (TPSA) is 49.8 Å². The van der Waals surface area contributed by atoms with Crippen molar-refractivity contribution >= 4 is 28.3 Å². The summed E-state index contributed by atoms with van der Waals surface area (Å²) in [6.45, 7) is 0. The number of nitrogens with zero attached hydrogens (tertiary/aromatic N) is 1. The molecule has 2 nitrogen and oxygen atoms in total. The zero-order valence-electron chi connectivity index (χ0n) is 7.21. The van der Waals surface area contributed by atoms with E-state index in [1.54, 1.807) is 6.07 Å². The molecule has 1 aromatic carbocycles. The van der Waals surface area contributed by atoms with E-state index in [-0.39, 0.29) is 24.6 Å². The molecule has 14 heavy (non-hydrogen) atoms. The predicted octanol–water partition coefficient (Wildman–Crippen LogP) is 2.92. The number of halogens is 3. The number of benzene rings is 1. The molecule has 0 saturated heterocycles. The fraction of sp³-hybridized carbons (Fsp3) is 0.222. The first-order valence-electron chi connectivity index (χ1n) is 3.72. The van der Waals surface area contributed by atoms with E-state index in [1.165, 1.54) is 12.1 Å². The molecule has 2 N–H and O–H groups in total. The van der Waals surface area contributed by atoms with Gasteiger partial charge in [0.05, 0.1) is 12.5 Å². The molecule has 0 unspecified atom stereocenters. The van der Waals surface area contributed by atoms with Crippen molar-refractivity contribution in [1.29, 1.82) is 5.26 Å². The van der Waals surface area contributed by atoms with E-state index < -0.39 is 6.04 Å². The summed E-state index contributed by atoms with van der Waals surface area (Å²) >= 11 is 3.24. The first-order valence-corrected chi connectivity index (χ1v) is 4.52. The van der Waals surface area contributed by atoms with Crippen molar-refractivity contribution in [2.24, 2.45) is 5.73 Å². The van der Waals surface area contributed by atoms with Crippen LogP contribution in [0.15, 0.2) is 22.7 Å². The number of nitrogens with two attached hydrogens (primary N) is 1. The molecule has 0 aliphatic rings. The molecule has 1 atom stereocenters. The van der Waals surface area contributed by atoms with E-state index in [1.807, 2.05) is 6.07 Å². The quantitative estimate of drug-likeness (QED) is 0.905. The van der Waals surface area contributed by atoms with Crippen molar-refractivity contribution in [3.63, 3.8) is 0 Å². The molecule has 0 amide bonds. The summed E-state index contributed by atoms with van der Waals surface area (Å²) in [7, 11) is 0. The normalized spacial score (nSPS) is 11.3. The Hall–Kier alpha value is -0.630. The molecule has 1 aromatic rings. The van der Waals surface area contributed by atoms with Gasteiger partial charge in [-0.2, -0.15) is 5.26 Å². The minimum atomic E-state index is -0.435. The smallest absolute Gasteiger partial charge is 0.123 e. The van der Waals surface area contributed by atoms with Crippen LogP contribution >= 0.6 is 28.3 Å². The third-order valence-electron chi connectivity index (χ3n) is 1.67. The molecule has 0 bridgehead atoms. The highest BCUT2D eigenvalue weighted by molar-refractivity contribution is 9.10. The van der Waals surface area contributed by atoms with Gasteiger partial charge >= 0.3 is 0 Å². The summed E-state index contributed by atoms with van der Waals surface area (Å²) in [6, 6.07) is 5.77. The van der Waals surface area contributed by atoms with Gasteiger partial charge in [-0.25, -0.2) is 4.39 Å². The third-order valence-corrected chi connectivity index (χ3v) is 2.39. The lowest BCUT2D eigenvalue weighted by molar-refractivity contribution is 0.619. The fourth-order valence-electron chi connectivity index (χ4n) is 1.01. The number of hydrogen-bond donors (Lipinski definition) is 1. The molecule has 1 rings (SSSR count). The molecule has 0 aliphatic carbocycles. The van der Waals surface area contributed by atoms with Crippen molar-refractivity contribution in [3.8, 4) is 6.07 Å². The zero-order chi connectivity index (χ0) is 9.84. The Balaban J connectivity index is 0.00000169. The van der Waals surface area contributed by atoms with Gasteiger partial charge in [-0.15, -0.1) is 12.4 Å². The predicted molar refractivity (Wildman–Crippen MR) is 58.5 cm³/mol. The third kappa shape index (κ3) is 3.26. The second-order valence-electron chi connectivity index (χ2n) is 2.63. The Morgan fingerprint density at radius 3 is 2.79 bits per heavy atom. The summed E-state index contributed by atoms with van der Waals surface area (Å²) in [4.78, 5) is 0. The van der Waals surface area contributed by atoms with Gasteiger partial charge in [0, 0.05) is 10.5 Å². The maximum absolute atomic E-state index is 12.8. The van der Waals surface area contributed by atoms with Crippen LogP contribution in [0.2, 0.25) is 0 Å². The van der Waals surface area contributed by atoms with Gasteiger partial charge in [0.15, 0.2) is 0 Å². The summed E-state index contributed by atoms with van der Waals surface area (Å²) in [5.41, 5.74) is 6.28. The van der Waals surface area contributed by atoms with Crippen molar-refractivity contribution in [2.75, 3.05) is 0 Å². The molecule has 0 radical (unpaired) electrons. The lowest BCUT2D eigenvalue weighted by Crippen LogP contribution is -2.10. The first-order chi connectivity index (χ1) is 6.15. The molecule has 0 heterocycles. The number of nitriles is 1. The van der Waals surface area contributed by atoms with Crippen LogP contribution in [0.1, 0.15) is 18.0 Å². The Bertz CT molecular complexity index is 351. The minimum Gasteiger partial charge on any atom is -0.323 e. The summed E-state index contributed by atoms with van der Waals surface area (Å²) in [6.07, 6.45) is 0.183. The molecule has 0 spiro atoms. The van der Waals surface area contributed by atoms with Gasteiger partial charge < -0.3 is 5.73 Å². The van der Waals surface area contributed by atoms with E-state index >= 15 is 0 Å². The van der Waals surface area contributed by atoms with Gasteiger partial charge in [-0.3, -0.25) is 0 Å². The molecule has 76 valence electrons. The van der Waals surface area contributed by atoms with Gasteiger partial charge in [0.2, 0.25) is 0 Å². The lowest BCUT2D eigenvalue weighted by Gasteiger charge is -2.09. The highest BCUT2D eigenvalue weighted by Gasteiger charge is 2.09. The minimum absolute atomic E-state index is 0. The monoisotopic (exact) mass is 278 g/mol. The second kappa shape index (κ2) is 5.97. The van der Waals surface area contributed by atoms with E-state index in [0.29, 0.717) is 5.56 Å². The molecule has 0 aromatic heterocycles. The molecule has 0 fully saturated rings. The van der Waals surface area contributed by atoms with Crippen LogP contribution in [0.3, 0.4) is 0 Å². The molecular formula is C9H9BrClFN2. The Morgan fingerprint density at radius 2 is 2.21 bits per heavy atom. The summed E-state index contributed by atoms with van der Waals surface area (Å²) in [5, 5.41) is 8.42. The van der Waals surface area contributed by atoms with Crippen molar-refractivity contribution in [3.05, 3.63) is 34.1 Å². The van der Waals surface area contributed by atoms with E-state index in [0.717, 1.165) is 4.47 Å². The average Bonchev–Trinajstić information content (AvgIpc) is 2.09. The maximum Gasteiger partial charge on any atom is 0.123 e. The van der Waals surface area contributed by atoms with Crippen molar-refractivity contribution in [2.45, 2.75) is 12.5 Å². The van der Waals surface area contributed by atoms with Crippen LogP contribution in [0.4, 0.5) is 4.39 Å². The summed E-state index contributed by atoms with van der Waals surface area (Å²) in [5.74, 6) is -0.341. The largest absolute Gasteiger partial charge is 0.323 e. The highest BCUT2D eigenvalue weighted by atomic mass is 79.9. The Kier molecular flexibility index (Phi) is 5.70. The lowest BCUT2D eigenvalue weighted by atomic mass is 10.1. The number of rotatable bonds is 2. The van der Waals surface area contributed by atoms with Gasteiger partial charge in [-0.1, -0.05) is 15.9 Å². The van der Waals surface area contributed by atoms with Crippen LogP contribution < -0.4 is 5.73 Å².